The van der Waals surface area contributed by atoms with Gasteiger partial charge in [-0.1, -0.05) is 160 Å². The SMILES string of the molecule is CCCCCCCCCCCC/C=C/CC/C=C/C(O)C(COC1OC(CO)C(OC2OC(CO)C(O)C(O)C2O)C(O)C1O)NC(=O)CCCCCCCCCCCCC. The van der Waals surface area contributed by atoms with Crippen LogP contribution in [0, 0.1) is 0 Å². The van der Waals surface area contributed by atoms with Gasteiger partial charge in [0.15, 0.2) is 12.6 Å². The summed E-state index contributed by atoms with van der Waals surface area (Å²) in [5, 5.41) is 86.5. The molecule has 358 valence electrons. The highest BCUT2D eigenvalue weighted by molar-refractivity contribution is 5.76. The van der Waals surface area contributed by atoms with Crippen LogP contribution in [0.4, 0.5) is 0 Å². The van der Waals surface area contributed by atoms with Gasteiger partial charge in [0.1, 0.15) is 48.8 Å². The van der Waals surface area contributed by atoms with Gasteiger partial charge in [0, 0.05) is 6.42 Å². The normalized spacial score (nSPS) is 28.2. The molecular weight excluding hydrogens is 787 g/mol. The second-order valence-corrected chi connectivity index (χ2v) is 17.2. The fraction of sp³-hybridized carbons (Fsp3) is 0.894. The van der Waals surface area contributed by atoms with Gasteiger partial charge >= 0.3 is 0 Å². The molecule has 12 unspecified atom stereocenters. The van der Waals surface area contributed by atoms with E-state index in [9.17, 15) is 45.6 Å². The van der Waals surface area contributed by atoms with Gasteiger partial charge in [-0.25, -0.2) is 0 Å². The molecule has 0 aliphatic carbocycles. The van der Waals surface area contributed by atoms with E-state index < -0.39 is 86.8 Å². The molecule has 0 aromatic rings. The van der Waals surface area contributed by atoms with Crippen molar-refractivity contribution in [2.75, 3.05) is 19.8 Å². The molecule has 2 heterocycles. The summed E-state index contributed by atoms with van der Waals surface area (Å²) in [6.45, 7) is 2.74. The molecular formula is C47H87NO13. The third-order valence-electron chi connectivity index (χ3n) is 11.9. The number of aliphatic hydroxyl groups excluding tert-OH is 8. The number of allylic oxidation sites excluding steroid dienone is 3. The monoisotopic (exact) mass is 874 g/mol. The number of hydrogen-bond acceptors (Lipinski definition) is 13. The lowest BCUT2D eigenvalue weighted by Gasteiger charge is -2.46. The van der Waals surface area contributed by atoms with Crippen molar-refractivity contribution in [3.8, 4) is 0 Å². The van der Waals surface area contributed by atoms with Gasteiger partial charge < -0.3 is 65.1 Å². The van der Waals surface area contributed by atoms with Crippen molar-refractivity contribution in [1.29, 1.82) is 0 Å². The summed E-state index contributed by atoms with van der Waals surface area (Å²) in [5.74, 6) is -0.252. The van der Waals surface area contributed by atoms with E-state index in [1.165, 1.54) is 109 Å². The third kappa shape index (κ3) is 22.8. The predicted octanol–water partition coefficient (Wildman–Crippen LogP) is 5.38. The van der Waals surface area contributed by atoms with Crippen molar-refractivity contribution in [2.24, 2.45) is 0 Å². The Morgan fingerprint density at radius 2 is 1.05 bits per heavy atom. The minimum absolute atomic E-state index is 0.252. The van der Waals surface area contributed by atoms with Gasteiger partial charge in [0.25, 0.3) is 0 Å². The van der Waals surface area contributed by atoms with Crippen LogP contribution in [-0.2, 0) is 23.7 Å². The van der Waals surface area contributed by atoms with Crippen LogP contribution in [0.25, 0.3) is 0 Å². The third-order valence-corrected chi connectivity index (χ3v) is 11.9. The Hall–Kier alpha value is -1.53. The Morgan fingerprint density at radius 1 is 0.574 bits per heavy atom. The summed E-state index contributed by atoms with van der Waals surface area (Å²) >= 11 is 0. The number of carbonyl (C=O) groups excluding carboxylic acids is 1. The molecule has 0 aromatic carbocycles. The molecule has 2 aliphatic rings. The van der Waals surface area contributed by atoms with Crippen molar-refractivity contribution in [2.45, 2.75) is 248 Å². The molecule has 14 nitrogen and oxygen atoms in total. The van der Waals surface area contributed by atoms with E-state index in [1.807, 2.05) is 6.08 Å². The Bertz CT molecular complexity index is 1130. The summed E-state index contributed by atoms with van der Waals surface area (Å²) < 4.78 is 22.6. The molecule has 1 amide bonds. The maximum atomic E-state index is 13.1. The minimum Gasteiger partial charge on any atom is -0.394 e. The maximum absolute atomic E-state index is 13.1. The molecule has 0 spiro atoms. The quantitative estimate of drug-likeness (QED) is 0.0285. The van der Waals surface area contributed by atoms with Crippen molar-refractivity contribution in [3.63, 3.8) is 0 Å². The average Bonchev–Trinajstić information content (AvgIpc) is 3.26. The Labute approximate surface area is 367 Å². The lowest BCUT2D eigenvalue weighted by atomic mass is 9.97. The minimum atomic E-state index is -1.79. The first-order chi connectivity index (χ1) is 29.6. The van der Waals surface area contributed by atoms with E-state index >= 15 is 0 Å². The Morgan fingerprint density at radius 3 is 1.61 bits per heavy atom. The first kappa shape index (κ1) is 55.6. The molecule has 2 rings (SSSR count). The Balaban J connectivity index is 1.90. The largest absolute Gasteiger partial charge is 0.394 e. The summed E-state index contributed by atoms with van der Waals surface area (Å²) in [7, 11) is 0. The number of aliphatic hydroxyl groups is 8. The molecule has 61 heavy (non-hydrogen) atoms. The van der Waals surface area contributed by atoms with Gasteiger partial charge in [-0.3, -0.25) is 4.79 Å². The van der Waals surface area contributed by atoms with Crippen molar-refractivity contribution in [3.05, 3.63) is 24.3 Å². The van der Waals surface area contributed by atoms with Crippen LogP contribution in [0.2, 0.25) is 0 Å². The highest BCUT2D eigenvalue weighted by Crippen LogP contribution is 2.30. The molecule has 2 saturated heterocycles. The van der Waals surface area contributed by atoms with Gasteiger partial charge in [-0.15, -0.1) is 0 Å². The van der Waals surface area contributed by atoms with Crippen LogP contribution < -0.4 is 5.32 Å². The number of nitrogens with one attached hydrogen (secondary N) is 1. The van der Waals surface area contributed by atoms with Crippen molar-refractivity contribution < 1.29 is 64.6 Å². The van der Waals surface area contributed by atoms with Gasteiger partial charge in [0.2, 0.25) is 5.91 Å². The first-order valence-electron chi connectivity index (χ1n) is 24.1. The zero-order chi connectivity index (χ0) is 44.7. The second-order valence-electron chi connectivity index (χ2n) is 17.2. The van der Waals surface area contributed by atoms with Gasteiger partial charge in [0.05, 0.1) is 32.0 Å². The molecule has 12 atom stereocenters. The zero-order valence-electron chi connectivity index (χ0n) is 37.7. The number of unbranched alkanes of at least 4 members (excludes halogenated alkanes) is 21. The summed E-state index contributed by atoms with van der Waals surface area (Å²) in [5.41, 5.74) is 0. The highest BCUT2D eigenvalue weighted by atomic mass is 16.7. The molecule has 2 fully saturated rings. The van der Waals surface area contributed by atoms with Crippen LogP contribution in [0.1, 0.15) is 174 Å². The molecule has 14 heteroatoms. The van der Waals surface area contributed by atoms with E-state index in [0.717, 1.165) is 32.1 Å². The second kappa shape index (κ2) is 34.8. The lowest BCUT2D eigenvalue weighted by molar-refractivity contribution is -0.359. The molecule has 0 aromatic heterocycles. The number of amides is 1. The number of hydrogen-bond donors (Lipinski definition) is 9. The van der Waals surface area contributed by atoms with Gasteiger partial charge in [-0.2, -0.15) is 0 Å². The number of carbonyl (C=O) groups is 1. The smallest absolute Gasteiger partial charge is 0.220 e. The molecule has 2 aliphatic heterocycles. The van der Waals surface area contributed by atoms with Crippen LogP contribution in [0.5, 0.6) is 0 Å². The highest BCUT2D eigenvalue weighted by Gasteiger charge is 2.51. The molecule has 0 bridgehead atoms. The zero-order valence-corrected chi connectivity index (χ0v) is 37.7. The van der Waals surface area contributed by atoms with Crippen molar-refractivity contribution >= 4 is 5.91 Å². The van der Waals surface area contributed by atoms with Crippen LogP contribution in [-0.4, -0.2) is 140 Å². The average molecular weight is 874 g/mol. The topological polar surface area (TPSA) is 228 Å². The number of rotatable bonds is 36. The van der Waals surface area contributed by atoms with E-state index in [0.29, 0.717) is 12.8 Å². The predicted molar refractivity (Wildman–Crippen MR) is 235 cm³/mol. The van der Waals surface area contributed by atoms with E-state index in [-0.39, 0.29) is 18.9 Å². The fourth-order valence-electron chi connectivity index (χ4n) is 7.89. The summed E-state index contributed by atoms with van der Waals surface area (Å²) in [6.07, 6.45) is 19.4. The van der Waals surface area contributed by atoms with Gasteiger partial charge in [-0.05, 0) is 32.1 Å². The van der Waals surface area contributed by atoms with E-state index in [1.54, 1.807) is 6.08 Å². The van der Waals surface area contributed by atoms with Crippen LogP contribution >= 0.6 is 0 Å². The molecule has 0 saturated carbocycles. The van der Waals surface area contributed by atoms with Crippen LogP contribution in [0.15, 0.2) is 24.3 Å². The molecule has 9 N–H and O–H groups in total. The lowest BCUT2D eigenvalue weighted by Crippen LogP contribution is -2.65. The van der Waals surface area contributed by atoms with Crippen LogP contribution in [0.3, 0.4) is 0 Å². The van der Waals surface area contributed by atoms with E-state index in [4.69, 9.17) is 18.9 Å². The fourth-order valence-corrected chi connectivity index (χ4v) is 7.89. The van der Waals surface area contributed by atoms with E-state index in [2.05, 4.69) is 31.3 Å². The van der Waals surface area contributed by atoms with Crippen molar-refractivity contribution in [1.82, 2.24) is 5.32 Å². The Kier molecular flexibility index (Phi) is 31.7. The summed E-state index contributed by atoms with van der Waals surface area (Å²) in [6, 6.07) is -0.924. The maximum Gasteiger partial charge on any atom is 0.220 e. The number of ether oxygens (including phenoxy) is 4. The molecule has 0 radical (unpaired) electrons. The first-order valence-corrected chi connectivity index (χ1v) is 24.1. The standard InChI is InChI=1S/C47H87NO13/c1-3-5-7-9-11-13-15-16-17-18-19-21-22-24-26-28-30-36(51)35(48-39(52)31-29-27-25-23-20-14-12-10-8-6-4-2)34-58-46-44(57)42(55)45(38(33-50)60-46)61-47-43(56)41(54)40(53)37(32-49)59-47/h21-22,28,30,35-38,40-47,49-51,53-57H,3-20,23-27,29,31-34H2,1-2H3,(H,48,52)/b22-21+,30-28+. The summed E-state index contributed by atoms with van der Waals surface area (Å²) in [4.78, 5) is 13.1.